The molecule has 3 aromatic rings. The van der Waals surface area contributed by atoms with Gasteiger partial charge in [-0.15, -0.1) is 0 Å². The highest BCUT2D eigenvalue weighted by molar-refractivity contribution is 6.35. The summed E-state index contributed by atoms with van der Waals surface area (Å²) >= 11 is 6.28. The number of H-pyrrole nitrogens is 1. The average molecular weight is 495 g/mol. The summed E-state index contributed by atoms with van der Waals surface area (Å²) in [7, 11) is 0. The minimum absolute atomic E-state index is 0.0700. The van der Waals surface area contributed by atoms with Gasteiger partial charge in [-0.05, 0) is 51.7 Å². The number of carbonyl (C=O) groups is 2. The van der Waals surface area contributed by atoms with Crippen LogP contribution in [0.5, 0.6) is 0 Å². The fourth-order valence-electron chi connectivity index (χ4n) is 5.48. The summed E-state index contributed by atoms with van der Waals surface area (Å²) in [4.78, 5) is 40.3. The molecule has 8 nitrogen and oxygen atoms in total. The number of nitrogens with zero attached hydrogens (tertiary/aromatic N) is 3. The van der Waals surface area contributed by atoms with Crippen LogP contribution in [0.25, 0.3) is 11.0 Å². The number of fused-ring (bicyclic) bond motifs is 1. The van der Waals surface area contributed by atoms with Crippen molar-refractivity contribution < 1.29 is 9.59 Å². The summed E-state index contributed by atoms with van der Waals surface area (Å²) in [6.07, 6.45) is 6.59. The van der Waals surface area contributed by atoms with E-state index < -0.39 is 0 Å². The minimum Gasteiger partial charge on any atom is -0.367 e. The van der Waals surface area contributed by atoms with Crippen LogP contribution in [-0.2, 0) is 4.79 Å². The first kappa shape index (κ1) is 23.8. The van der Waals surface area contributed by atoms with Crippen LogP contribution in [0.2, 0.25) is 5.02 Å². The number of nitrogens with one attached hydrogen (secondary N) is 3. The van der Waals surface area contributed by atoms with E-state index in [9.17, 15) is 9.59 Å². The van der Waals surface area contributed by atoms with E-state index in [2.05, 4.69) is 39.4 Å². The quantitative estimate of drug-likeness (QED) is 0.463. The van der Waals surface area contributed by atoms with Crippen molar-refractivity contribution in [1.29, 1.82) is 0 Å². The summed E-state index contributed by atoms with van der Waals surface area (Å²) in [5.74, 6) is 0.812. The Bertz CT molecular complexity index is 1230. The second kappa shape index (κ2) is 9.95. The smallest absolute Gasteiger partial charge is 0.225 e. The lowest BCUT2D eigenvalue weighted by molar-refractivity contribution is -0.138. The predicted molar refractivity (Wildman–Crippen MR) is 137 cm³/mol. The van der Waals surface area contributed by atoms with Gasteiger partial charge in [0.1, 0.15) is 17.8 Å². The number of hydrogen-bond donors (Lipinski definition) is 3. The van der Waals surface area contributed by atoms with Gasteiger partial charge in [-0.1, -0.05) is 23.7 Å². The lowest BCUT2D eigenvalue weighted by atomic mass is 9.84. The van der Waals surface area contributed by atoms with E-state index in [1.54, 1.807) is 30.5 Å². The van der Waals surface area contributed by atoms with Crippen molar-refractivity contribution in [3.63, 3.8) is 0 Å². The fraction of sp³-hybridized carbons (Fsp3) is 0.462. The maximum atomic E-state index is 13.3. The maximum Gasteiger partial charge on any atom is 0.225 e. The number of aromatic nitrogens is 3. The predicted octanol–water partition coefficient (Wildman–Crippen LogP) is 4.02. The van der Waals surface area contributed by atoms with Gasteiger partial charge in [0.2, 0.25) is 5.91 Å². The Kier molecular flexibility index (Phi) is 6.75. The Hall–Kier alpha value is -2.97. The molecule has 1 saturated carbocycles. The van der Waals surface area contributed by atoms with E-state index in [-0.39, 0.29) is 23.7 Å². The molecular weight excluding hydrogens is 464 g/mol. The zero-order valence-electron chi connectivity index (χ0n) is 20.1. The van der Waals surface area contributed by atoms with E-state index >= 15 is 0 Å². The SMILES string of the molecule is C[C@@H]1CN(C(=O)C2CCC(Nc3ncnc4[nH]cc(C(=O)c5ccccc5Cl)c34)CC2)C[C@H](C)N1. The Morgan fingerprint density at radius 2 is 1.74 bits per heavy atom. The number of amides is 1. The highest BCUT2D eigenvalue weighted by Gasteiger charge is 2.33. The molecule has 0 radical (unpaired) electrons. The summed E-state index contributed by atoms with van der Waals surface area (Å²) in [6.45, 7) is 5.81. The second-order valence-electron chi connectivity index (χ2n) is 9.86. The van der Waals surface area contributed by atoms with Crippen molar-refractivity contribution in [2.45, 2.75) is 57.7 Å². The third-order valence-electron chi connectivity index (χ3n) is 7.12. The van der Waals surface area contributed by atoms with Gasteiger partial charge in [0.15, 0.2) is 5.78 Å². The first-order valence-electron chi connectivity index (χ1n) is 12.3. The fourth-order valence-corrected chi connectivity index (χ4v) is 5.71. The number of benzene rings is 1. The van der Waals surface area contributed by atoms with E-state index in [0.717, 1.165) is 38.8 Å². The first-order chi connectivity index (χ1) is 16.9. The topological polar surface area (TPSA) is 103 Å². The van der Waals surface area contributed by atoms with Gasteiger partial charge in [0.25, 0.3) is 0 Å². The van der Waals surface area contributed by atoms with Crippen LogP contribution in [0.15, 0.2) is 36.8 Å². The normalized spacial score (nSPS) is 24.9. The number of aromatic amines is 1. The Labute approximate surface area is 209 Å². The summed E-state index contributed by atoms with van der Waals surface area (Å²) in [6, 6.07) is 7.85. The van der Waals surface area contributed by atoms with E-state index in [0.29, 0.717) is 45.1 Å². The van der Waals surface area contributed by atoms with E-state index in [1.165, 1.54) is 6.33 Å². The van der Waals surface area contributed by atoms with Crippen LogP contribution in [0.4, 0.5) is 5.82 Å². The van der Waals surface area contributed by atoms with Crippen molar-refractivity contribution in [2.24, 2.45) is 5.92 Å². The largest absolute Gasteiger partial charge is 0.367 e. The molecule has 1 aliphatic carbocycles. The maximum absolute atomic E-state index is 13.3. The van der Waals surface area contributed by atoms with E-state index in [4.69, 9.17) is 11.6 Å². The molecule has 2 aliphatic rings. The number of hydrogen-bond acceptors (Lipinski definition) is 6. The van der Waals surface area contributed by atoms with Crippen LogP contribution in [0.1, 0.15) is 55.5 Å². The lowest BCUT2D eigenvalue weighted by Crippen LogP contribution is -2.57. The van der Waals surface area contributed by atoms with Gasteiger partial charge >= 0.3 is 0 Å². The van der Waals surface area contributed by atoms with Crippen LogP contribution in [-0.4, -0.2) is 62.8 Å². The standard InChI is InChI=1S/C26H31ClN6O2/c1-15-12-33(13-16(2)31-15)26(35)17-7-9-18(10-8-17)32-25-22-20(11-28-24(22)29-14-30-25)23(34)19-5-3-4-6-21(19)27/h3-6,11,14-18,31H,7-10,12-13H2,1-2H3,(H2,28,29,30,32)/t15-,16+,17?,18?. The van der Waals surface area contributed by atoms with Crippen molar-refractivity contribution in [1.82, 2.24) is 25.2 Å². The molecule has 0 spiro atoms. The van der Waals surface area contributed by atoms with E-state index in [1.807, 2.05) is 4.90 Å². The van der Waals surface area contributed by atoms with Gasteiger partial charge in [0.05, 0.1) is 16.0 Å². The number of anilines is 1. The molecule has 2 fully saturated rings. The molecule has 1 aliphatic heterocycles. The Morgan fingerprint density at radius 3 is 2.46 bits per heavy atom. The number of ketones is 1. The molecule has 3 N–H and O–H groups in total. The van der Waals surface area contributed by atoms with Gasteiger partial charge in [-0.3, -0.25) is 9.59 Å². The molecule has 9 heteroatoms. The van der Waals surface area contributed by atoms with Crippen molar-refractivity contribution >= 4 is 40.1 Å². The Morgan fingerprint density at radius 1 is 1.03 bits per heavy atom. The van der Waals surface area contributed by atoms with Crippen LogP contribution >= 0.6 is 11.6 Å². The molecule has 2 aromatic heterocycles. The molecule has 184 valence electrons. The molecule has 0 bridgehead atoms. The number of rotatable bonds is 5. The molecule has 35 heavy (non-hydrogen) atoms. The highest BCUT2D eigenvalue weighted by Crippen LogP contribution is 2.32. The molecule has 0 unspecified atom stereocenters. The van der Waals surface area contributed by atoms with Crippen LogP contribution < -0.4 is 10.6 Å². The van der Waals surface area contributed by atoms with Gasteiger partial charge in [0, 0.05) is 48.9 Å². The van der Waals surface area contributed by atoms with Gasteiger partial charge in [-0.2, -0.15) is 0 Å². The van der Waals surface area contributed by atoms with Gasteiger partial charge in [-0.25, -0.2) is 9.97 Å². The molecule has 5 rings (SSSR count). The molecule has 3 heterocycles. The van der Waals surface area contributed by atoms with Crippen molar-refractivity contribution in [3.05, 3.63) is 52.9 Å². The first-order valence-corrected chi connectivity index (χ1v) is 12.7. The lowest BCUT2D eigenvalue weighted by Gasteiger charge is -2.39. The van der Waals surface area contributed by atoms with Crippen LogP contribution in [0, 0.1) is 5.92 Å². The highest BCUT2D eigenvalue weighted by atomic mass is 35.5. The zero-order chi connectivity index (χ0) is 24.5. The molecular formula is C26H31ClN6O2. The summed E-state index contributed by atoms with van der Waals surface area (Å²) < 4.78 is 0. The Balaban J connectivity index is 1.29. The molecule has 2 atom stereocenters. The second-order valence-corrected chi connectivity index (χ2v) is 10.3. The van der Waals surface area contributed by atoms with Gasteiger partial charge < -0.3 is 20.5 Å². The number of piperazine rings is 1. The third kappa shape index (κ3) is 4.90. The molecule has 1 aromatic carbocycles. The molecule has 1 amide bonds. The van der Waals surface area contributed by atoms with Crippen molar-refractivity contribution in [3.8, 4) is 0 Å². The monoisotopic (exact) mass is 494 g/mol. The summed E-state index contributed by atoms with van der Waals surface area (Å²) in [5, 5.41) is 8.10. The van der Waals surface area contributed by atoms with Crippen LogP contribution in [0.3, 0.4) is 0 Å². The minimum atomic E-state index is -0.173. The molecule has 1 saturated heterocycles. The zero-order valence-corrected chi connectivity index (χ0v) is 20.8. The average Bonchev–Trinajstić information content (AvgIpc) is 3.29. The third-order valence-corrected chi connectivity index (χ3v) is 7.45. The number of halogens is 1. The summed E-state index contributed by atoms with van der Waals surface area (Å²) in [5.41, 5.74) is 1.53. The number of carbonyl (C=O) groups excluding carboxylic acids is 2. The van der Waals surface area contributed by atoms with Crippen molar-refractivity contribution in [2.75, 3.05) is 18.4 Å².